The monoisotopic (exact) mass is 264 g/mol. The molecular weight excluding hydrogens is 252 g/mol. The van der Waals surface area contributed by atoms with Gasteiger partial charge in [0.15, 0.2) is 0 Å². The predicted molar refractivity (Wildman–Crippen MR) is 62.1 cm³/mol. The van der Waals surface area contributed by atoms with E-state index >= 15 is 0 Å². The number of rotatable bonds is 4. The van der Waals surface area contributed by atoms with Gasteiger partial charge in [-0.3, -0.25) is 4.79 Å². The zero-order valence-electron chi connectivity index (χ0n) is 10.3. The van der Waals surface area contributed by atoms with Gasteiger partial charge in [-0.2, -0.15) is 0 Å². The van der Waals surface area contributed by atoms with E-state index in [4.69, 9.17) is 4.74 Å². The highest BCUT2D eigenvalue weighted by molar-refractivity contribution is 5.97. The summed E-state index contributed by atoms with van der Waals surface area (Å²) in [6.07, 6.45) is -1.40. The maximum atomic E-state index is 11.8. The van der Waals surface area contributed by atoms with Gasteiger partial charge in [-0.05, 0) is 5.56 Å². The molecule has 19 heavy (non-hydrogen) atoms. The van der Waals surface area contributed by atoms with Crippen molar-refractivity contribution in [2.45, 2.75) is 18.4 Å². The van der Waals surface area contributed by atoms with Gasteiger partial charge in [0.25, 0.3) is 0 Å². The summed E-state index contributed by atoms with van der Waals surface area (Å²) >= 11 is 0. The Morgan fingerprint density at radius 1 is 1.26 bits per heavy atom. The van der Waals surface area contributed by atoms with Crippen LogP contribution in [0.15, 0.2) is 30.3 Å². The normalized spacial score (nSPS) is 21.7. The molecule has 1 fully saturated rings. The Kier molecular flexibility index (Phi) is 3.50. The van der Waals surface area contributed by atoms with Crippen LogP contribution < -0.4 is 0 Å². The number of hydrogen-bond acceptors (Lipinski definition) is 6. The van der Waals surface area contributed by atoms with Gasteiger partial charge in [-0.25, -0.2) is 9.59 Å². The molecule has 1 saturated heterocycles. The highest BCUT2D eigenvalue weighted by Crippen LogP contribution is 2.30. The largest absolute Gasteiger partial charge is 0.517 e. The molecule has 6 nitrogen and oxygen atoms in total. The van der Waals surface area contributed by atoms with Gasteiger partial charge in [-0.1, -0.05) is 30.3 Å². The fourth-order valence-electron chi connectivity index (χ4n) is 1.90. The topological polar surface area (TPSA) is 78.9 Å². The minimum absolute atomic E-state index is 0.0630. The average molecular weight is 264 g/mol. The minimum atomic E-state index is -1.63. The van der Waals surface area contributed by atoms with E-state index < -0.39 is 23.7 Å². The number of carbonyl (C=O) groups is 3. The Morgan fingerprint density at radius 2 is 1.95 bits per heavy atom. The van der Waals surface area contributed by atoms with E-state index in [1.165, 1.54) is 7.11 Å². The van der Waals surface area contributed by atoms with Gasteiger partial charge < -0.3 is 14.2 Å². The fraction of sp³-hybridized carbons (Fsp3) is 0.308. The summed E-state index contributed by atoms with van der Waals surface area (Å²) in [4.78, 5) is 34.3. The van der Waals surface area contributed by atoms with E-state index in [1.54, 1.807) is 24.3 Å². The zero-order valence-corrected chi connectivity index (χ0v) is 10.3. The SMILES string of the molecule is COC(=O)CC1(Cc2ccccc2)OC(=O)OC1=O. The quantitative estimate of drug-likeness (QED) is 0.601. The summed E-state index contributed by atoms with van der Waals surface area (Å²) in [5.41, 5.74) is -0.885. The van der Waals surface area contributed by atoms with E-state index in [9.17, 15) is 14.4 Å². The average Bonchev–Trinajstić information content (AvgIpc) is 2.65. The second-order valence-corrected chi connectivity index (χ2v) is 4.15. The van der Waals surface area contributed by atoms with Crippen LogP contribution in [0.4, 0.5) is 4.79 Å². The van der Waals surface area contributed by atoms with Crippen molar-refractivity contribution in [3.05, 3.63) is 35.9 Å². The summed E-state index contributed by atoms with van der Waals surface area (Å²) in [6.45, 7) is 0. The molecule has 0 saturated carbocycles. The molecule has 1 atom stereocenters. The van der Waals surface area contributed by atoms with Crippen LogP contribution in [-0.4, -0.2) is 30.8 Å². The van der Waals surface area contributed by atoms with Gasteiger partial charge in [0.2, 0.25) is 5.60 Å². The van der Waals surface area contributed by atoms with E-state index in [1.807, 2.05) is 6.07 Å². The molecule has 0 N–H and O–H groups in total. The zero-order chi connectivity index (χ0) is 13.9. The lowest BCUT2D eigenvalue weighted by Crippen LogP contribution is -2.41. The number of methoxy groups -OCH3 is 1. The van der Waals surface area contributed by atoms with Crippen LogP contribution >= 0.6 is 0 Å². The molecule has 1 aliphatic rings. The Morgan fingerprint density at radius 3 is 2.47 bits per heavy atom. The van der Waals surface area contributed by atoms with Crippen LogP contribution in [-0.2, 0) is 30.2 Å². The van der Waals surface area contributed by atoms with Gasteiger partial charge in [0, 0.05) is 6.42 Å². The molecule has 1 heterocycles. The standard InChI is InChI=1S/C13H12O6/c1-17-10(14)8-13(11(15)18-12(16)19-13)7-9-5-3-2-4-6-9/h2-6H,7-8H2,1H3. The van der Waals surface area contributed by atoms with E-state index in [0.29, 0.717) is 0 Å². The number of hydrogen-bond donors (Lipinski definition) is 0. The molecule has 1 aromatic rings. The third kappa shape index (κ3) is 2.73. The van der Waals surface area contributed by atoms with Crippen LogP contribution in [0.5, 0.6) is 0 Å². The van der Waals surface area contributed by atoms with Gasteiger partial charge in [0.05, 0.1) is 13.5 Å². The van der Waals surface area contributed by atoms with Crippen molar-refractivity contribution in [3.63, 3.8) is 0 Å². The Bertz CT molecular complexity index is 509. The molecule has 0 aromatic heterocycles. The van der Waals surface area contributed by atoms with Crippen molar-refractivity contribution in [1.29, 1.82) is 0 Å². The number of ether oxygens (including phenoxy) is 3. The highest BCUT2D eigenvalue weighted by Gasteiger charge is 2.53. The number of benzene rings is 1. The molecule has 1 aromatic carbocycles. The van der Waals surface area contributed by atoms with Crippen LogP contribution in [0, 0.1) is 0 Å². The van der Waals surface area contributed by atoms with Gasteiger partial charge >= 0.3 is 18.1 Å². The summed E-state index contributed by atoms with van der Waals surface area (Å²) in [7, 11) is 1.20. The second kappa shape index (κ2) is 5.09. The summed E-state index contributed by atoms with van der Waals surface area (Å²) in [6, 6.07) is 8.90. The first kappa shape index (κ1) is 13.1. The molecule has 2 rings (SSSR count). The van der Waals surface area contributed by atoms with E-state index in [-0.39, 0.29) is 12.8 Å². The first-order valence-corrected chi connectivity index (χ1v) is 5.62. The highest BCUT2D eigenvalue weighted by atomic mass is 16.8. The van der Waals surface area contributed by atoms with Crippen LogP contribution in [0.25, 0.3) is 0 Å². The Hall–Kier alpha value is -2.37. The molecule has 1 aliphatic heterocycles. The lowest BCUT2D eigenvalue weighted by atomic mass is 9.91. The molecular formula is C13H12O6. The first-order valence-electron chi connectivity index (χ1n) is 5.62. The molecule has 1 unspecified atom stereocenters. The predicted octanol–water partition coefficient (Wildman–Crippen LogP) is 1.22. The molecule has 0 spiro atoms. The third-order valence-corrected chi connectivity index (χ3v) is 2.82. The first-order chi connectivity index (χ1) is 9.05. The number of carbonyl (C=O) groups excluding carboxylic acids is 3. The lowest BCUT2D eigenvalue weighted by Gasteiger charge is -2.21. The van der Waals surface area contributed by atoms with Crippen molar-refractivity contribution in [1.82, 2.24) is 0 Å². The Labute approximate surface area is 109 Å². The van der Waals surface area contributed by atoms with E-state index in [2.05, 4.69) is 9.47 Å². The maximum absolute atomic E-state index is 11.8. The van der Waals surface area contributed by atoms with Crippen LogP contribution in [0.3, 0.4) is 0 Å². The van der Waals surface area contributed by atoms with Gasteiger partial charge in [0.1, 0.15) is 0 Å². The molecule has 0 amide bonds. The smallest absolute Gasteiger partial charge is 0.469 e. The molecule has 0 aliphatic carbocycles. The Balaban J connectivity index is 2.27. The van der Waals surface area contributed by atoms with Crippen molar-refractivity contribution < 1.29 is 28.6 Å². The van der Waals surface area contributed by atoms with Crippen LogP contribution in [0.2, 0.25) is 0 Å². The van der Waals surface area contributed by atoms with Crippen LogP contribution in [0.1, 0.15) is 12.0 Å². The second-order valence-electron chi connectivity index (χ2n) is 4.15. The van der Waals surface area contributed by atoms with Crippen molar-refractivity contribution in [2.24, 2.45) is 0 Å². The summed E-state index contributed by atoms with van der Waals surface area (Å²) in [5.74, 6) is -1.52. The summed E-state index contributed by atoms with van der Waals surface area (Å²) < 4.78 is 13.8. The van der Waals surface area contributed by atoms with Crippen molar-refractivity contribution >= 4 is 18.1 Å². The minimum Gasteiger partial charge on any atom is -0.469 e. The molecule has 0 radical (unpaired) electrons. The molecule has 0 bridgehead atoms. The maximum Gasteiger partial charge on any atom is 0.517 e. The summed E-state index contributed by atoms with van der Waals surface area (Å²) in [5, 5.41) is 0. The van der Waals surface area contributed by atoms with E-state index in [0.717, 1.165) is 5.56 Å². The van der Waals surface area contributed by atoms with Gasteiger partial charge in [-0.15, -0.1) is 0 Å². The van der Waals surface area contributed by atoms with Crippen molar-refractivity contribution in [2.75, 3.05) is 7.11 Å². The molecule has 100 valence electrons. The molecule has 6 heteroatoms. The third-order valence-electron chi connectivity index (χ3n) is 2.82. The fourth-order valence-corrected chi connectivity index (χ4v) is 1.90. The number of cyclic esters (lactones) is 3. The van der Waals surface area contributed by atoms with Crippen molar-refractivity contribution in [3.8, 4) is 0 Å². The lowest BCUT2D eigenvalue weighted by molar-refractivity contribution is -0.154. The number of esters is 2.